The van der Waals surface area contributed by atoms with Gasteiger partial charge in [0.15, 0.2) is 5.82 Å². The van der Waals surface area contributed by atoms with Crippen molar-refractivity contribution in [3.63, 3.8) is 0 Å². The van der Waals surface area contributed by atoms with Crippen molar-refractivity contribution in [2.45, 2.75) is 32.2 Å². The van der Waals surface area contributed by atoms with Gasteiger partial charge in [-0.05, 0) is 37.1 Å². The molecule has 2 fully saturated rings. The number of likely N-dealkylation sites (tertiary alicyclic amines) is 1. The van der Waals surface area contributed by atoms with Gasteiger partial charge in [-0.25, -0.2) is 0 Å². The van der Waals surface area contributed by atoms with E-state index in [1.54, 1.807) is 24.3 Å². The molecule has 2 saturated heterocycles. The normalized spacial score (nSPS) is 17.5. The maximum Gasteiger partial charge on any atom is 0.253 e. The molecule has 160 valence electrons. The molecule has 1 aromatic carbocycles. The van der Waals surface area contributed by atoms with Crippen LogP contribution in [0, 0.1) is 0 Å². The molecule has 3 heterocycles. The lowest BCUT2D eigenvalue weighted by Crippen LogP contribution is -2.48. The number of halogens is 1. The number of piperazine rings is 1. The summed E-state index contributed by atoms with van der Waals surface area (Å²) in [6.07, 6.45) is 3.07. The van der Waals surface area contributed by atoms with Crippen LogP contribution in [0.2, 0.25) is 5.02 Å². The molecule has 0 atom stereocenters. The van der Waals surface area contributed by atoms with Gasteiger partial charge >= 0.3 is 0 Å². The lowest BCUT2D eigenvalue weighted by atomic mass is 10.2. The Morgan fingerprint density at radius 2 is 1.67 bits per heavy atom. The molecule has 30 heavy (non-hydrogen) atoms. The van der Waals surface area contributed by atoms with Gasteiger partial charge in [-0.15, -0.1) is 0 Å². The minimum Gasteiger partial charge on any atom is -0.343 e. The van der Waals surface area contributed by atoms with Crippen molar-refractivity contribution in [2.75, 3.05) is 39.3 Å². The van der Waals surface area contributed by atoms with Gasteiger partial charge in [0.25, 0.3) is 5.91 Å². The predicted octanol–water partition coefficient (Wildman–Crippen LogP) is 2.24. The molecule has 2 amide bonds. The molecule has 0 unspecified atom stereocenters. The molecule has 0 spiro atoms. The van der Waals surface area contributed by atoms with E-state index in [0.29, 0.717) is 54.8 Å². The first-order valence-electron chi connectivity index (χ1n) is 10.4. The van der Waals surface area contributed by atoms with Crippen LogP contribution >= 0.6 is 11.6 Å². The van der Waals surface area contributed by atoms with Crippen molar-refractivity contribution in [1.82, 2.24) is 24.8 Å². The number of carbonyl (C=O) groups excluding carboxylic acids is 2. The van der Waals surface area contributed by atoms with Gasteiger partial charge in [-0.1, -0.05) is 16.8 Å². The van der Waals surface area contributed by atoms with E-state index in [2.05, 4.69) is 15.0 Å². The Morgan fingerprint density at radius 3 is 2.37 bits per heavy atom. The smallest absolute Gasteiger partial charge is 0.253 e. The molecule has 2 aromatic rings. The van der Waals surface area contributed by atoms with Crippen LogP contribution in [0.1, 0.15) is 41.3 Å². The Kier molecular flexibility index (Phi) is 6.64. The summed E-state index contributed by atoms with van der Waals surface area (Å²) in [4.78, 5) is 35.1. The minimum absolute atomic E-state index is 0.0239. The van der Waals surface area contributed by atoms with Gasteiger partial charge in [-0.3, -0.25) is 14.5 Å². The third-order valence-electron chi connectivity index (χ3n) is 5.64. The number of benzene rings is 1. The van der Waals surface area contributed by atoms with Crippen molar-refractivity contribution in [3.05, 3.63) is 46.6 Å². The summed E-state index contributed by atoms with van der Waals surface area (Å²) in [6, 6.07) is 6.98. The van der Waals surface area contributed by atoms with Crippen LogP contribution in [0.15, 0.2) is 28.8 Å². The highest BCUT2D eigenvalue weighted by atomic mass is 35.5. The van der Waals surface area contributed by atoms with Crippen LogP contribution in [0.5, 0.6) is 0 Å². The van der Waals surface area contributed by atoms with Crippen molar-refractivity contribution < 1.29 is 14.1 Å². The fraction of sp³-hybridized carbons (Fsp3) is 0.524. The Hall–Kier alpha value is -2.45. The summed E-state index contributed by atoms with van der Waals surface area (Å²) >= 11 is 5.89. The highest BCUT2D eigenvalue weighted by molar-refractivity contribution is 6.30. The lowest BCUT2D eigenvalue weighted by Gasteiger charge is -2.34. The number of amides is 2. The Bertz CT molecular complexity index is 871. The topological polar surface area (TPSA) is 82.8 Å². The zero-order valence-corrected chi connectivity index (χ0v) is 17.7. The summed E-state index contributed by atoms with van der Waals surface area (Å²) in [5.41, 5.74) is 0.652. The standard InChI is InChI=1S/C21H26ClN5O3/c22-17-5-3-16(4-6-17)21(29)27-13-11-25(12-14-27)15-18-23-19(30-24-18)7-8-20(28)26-9-1-2-10-26/h3-6H,1-2,7-15H2. The Morgan fingerprint density at radius 1 is 0.967 bits per heavy atom. The molecule has 2 aliphatic heterocycles. The van der Waals surface area contributed by atoms with Crippen molar-refractivity contribution in [2.24, 2.45) is 0 Å². The Balaban J connectivity index is 1.22. The first-order chi connectivity index (χ1) is 14.6. The second-order valence-corrected chi connectivity index (χ2v) is 8.20. The molecule has 0 aliphatic carbocycles. The number of nitrogens with zero attached hydrogens (tertiary/aromatic N) is 5. The third-order valence-corrected chi connectivity index (χ3v) is 5.89. The zero-order valence-electron chi connectivity index (χ0n) is 16.9. The quantitative estimate of drug-likeness (QED) is 0.697. The van der Waals surface area contributed by atoms with Gasteiger partial charge < -0.3 is 14.3 Å². The fourth-order valence-electron chi connectivity index (χ4n) is 3.88. The molecule has 0 radical (unpaired) electrons. The van der Waals surface area contributed by atoms with Crippen LogP contribution in [0.25, 0.3) is 0 Å². The second kappa shape index (κ2) is 9.57. The maximum absolute atomic E-state index is 12.6. The van der Waals surface area contributed by atoms with Crippen LogP contribution in [-0.2, 0) is 17.8 Å². The van der Waals surface area contributed by atoms with E-state index in [1.165, 1.54) is 0 Å². The molecule has 9 heteroatoms. The van der Waals surface area contributed by atoms with E-state index >= 15 is 0 Å². The average molecular weight is 432 g/mol. The van der Waals surface area contributed by atoms with Crippen molar-refractivity contribution in [1.29, 1.82) is 0 Å². The van der Waals surface area contributed by atoms with Gasteiger partial charge in [0.05, 0.1) is 6.54 Å². The van der Waals surface area contributed by atoms with E-state index in [9.17, 15) is 9.59 Å². The first-order valence-corrected chi connectivity index (χ1v) is 10.8. The molecule has 8 nitrogen and oxygen atoms in total. The highest BCUT2D eigenvalue weighted by Crippen LogP contribution is 2.15. The number of rotatable bonds is 6. The van der Waals surface area contributed by atoms with E-state index in [-0.39, 0.29) is 11.8 Å². The SMILES string of the molecule is O=C(CCc1nc(CN2CCN(C(=O)c3ccc(Cl)cc3)CC2)no1)N1CCCC1. The van der Waals surface area contributed by atoms with Gasteiger partial charge in [0.2, 0.25) is 11.8 Å². The third kappa shape index (κ3) is 5.17. The van der Waals surface area contributed by atoms with Crippen molar-refractivity contribution >= 4 is 23.4 Å². The lowest BCUT2D eigenvalue weighted by molar-refractivity contribution is -0.130. The molecular formula is C21H26ClN5O3. The maximum atomic E-state index is 12.6. The number of hydrogen-bond donors (Lipinski definition) is 0. The number of aromatic nitrogens is 2. The zero-order chi connectivity index (χ0) is 20.9. The summed E-state index contributed by atoms with van der Waals surface area (Å²) in [7, 11) is 0. The van der Waals surface area contributed by atoms with Gasteiger partial charge in [0, 0.05) is 62.7 Å². The van der Waals surface area contributed by atoms with Crippen LogP contribution in [0.3, 0.4) is 0 Å². The van der Waals surface area contributed by atoms with E-state index in [4.69, 9.17) is 16.1 Å². The first kappa shape index (κ1) is 20.8. The monoisotopic (exact) mass is 431 g/mol. The molecule has 1 aromatic heterocycles. The molecule has 0 N–H and O–H groups in total. The van der Waals surface area contributed by atoms with Gasteiger partial charge in [-0.2, -0.15) is 4.98 Å². The second-order valence-electron chi connectivity index (χ2n) is 7.77. The Labute approximate surface area is 180 Å². The number of aryl methyl sites for hydroxylation is 1. The summed E-state index contributed by atoms with van der Waals surface area (Å²) in [5.74, 6) is 1.31. The van der Waals surface area contributed by atoms with E-state index in [1.807, 2.05) is 9.80 Å². The number of hydrogen-bond acceptors (Lipinski definition) is 6. The largest absolute Gasteiger partial charge is 0.343 e. The molecule has 0 bridgehead atoms. The van der Waals surface area contributed by atoms with Crippen LogP contribution in [0.4, 0.5) is 0 Å². The molecular weight excluding hydrogens is 406 g/mol. The summed E-state index contributed by atoms with van der Waals surface area (Å²) in [6.45, 7) is 5.09. The van der Waals surface area contributed by atoms with Crippen LogP contribution < -0.4 is 0 Å². The molecule has 0 saturated carbocycles. The van der Waals surface area contributed by atoms with Crippen LogP contribution in [-0.4, -0.2) is 75.9 Å². The highest BCUT2D eigenvalue weighted by Gasteiger charge is 2.23. The summed E-state index contributed by atoms with van der Waals surface area (Å²) < 4.78 is 5.31. The molecule has 4 rings (SSSR count). The molecule has 2 aliphatic rings. The average Bonchev–Trinajstić information content (AvgIpc) is 3.45. The number of carbonyl (C=O) groups is 2. The predicted molar refractivity (Wildman–Crippen MR) is 111 cm³/mol. The minimum atomic E-state index is 0.0239. The fourth-order valence-corrected chi connectivity index (χ4v) is 4.00. The van der Waals surface area contributed by atoms with E-state index < -0.39 is 0 Å². The van der Waals surface area contributed by atoms with Gasteiger partial charge in [0.1, 0.15) is 0 Å². The van der Waals surface area contributed by atoms with E-state index in [0.717, 1.165) is 39.0 Å². The summed E-state index contributed by atoms with van der Waals surface area (Å²) in [5, 5.41) is 4.67. The van der Waals surface area contributed by atoms with Crippen molar-refractivity contribution in [3.8, 4) is 0 Å².